The first kappa shape index (κ1) is 24.7. The van der Waals surface area contributed by atoms with Crippen molar-refractivity contribution in [2.24, 2.45) is 0 Å². The SMILES string of the molecule is C[Si]1(C)c2ccccc2N2c3cc4oc5ccccc5c4c4c3B(c3cccc1c32)n1c2cc3ccccc3cc2c2cccc-4c21. The predicted molar refractivity (Wildman–Crippen MR) is 202 cm³/mol. The van der Waals surface area contributed by atoms with Gasteiger partial charge in [-0.3, -0.25) is 0 Å². The second kappa shape index (κ2) is 8.06. The standard InChI is InChI=1S/C42H27BN2OSi/c1-47(2)36-19-8-6-17-31(36)44-33-23-35-38(27-13-5-7-18-34(27)46-35)39-28-15-9-14-26-29-21-24-11-3-4-12-25(24)22-32(29)45(41(26)28)43(40(33)39)30-16-10-20-37(47)42(30)44/h3-23H,1-2H3. The van der Waals surface area contributed by atoms with E-state index >= 15 is 0 Å². The number of nitrogens with zero attached hydrogens (tertiary/aromatic N) is 2. The number of fused-ring (bicyclic) bond motifs is 14. The number of benzene rings is 7. The highest BCUT2D eigenvalue weighted by molar-refractivity contribution is 7.04. The van der Waals surface area contributed by atoms with Gasteiger partial charge in [-0.2, -0.15) is 0 Å². The Bertz CT molecular complexity index is 2910. The zero-order chi connectivity index (χ0) is 30.8. The van der Waals surface area contributed by atoms with Crippen LogP contribution in [0.5, 0.6) is 0 Å². The fourth-order valence-electron chi connectivity index (χ4n) is 9.56. The van der Waals surface area contributed by atoms with E-state index in [9.17, 15) is 0 Å². The quantitative estimate of drug-likeness (QED) is 0.160. The first-order valence-electron chi connectivity index (χ1n) is 16.6. The van der Waals surface area contributed by atoms with Crippen molar-refractivity contribution in [3.8, 4) is 11.1 Å². The molecule has 5 heteroatoms. The summed E-state index contributed by atoms with van der Waals surface area (Å²) in [4.78, 5) is 2.59. The van der Waals surface area contributed by atoms with E-state index in [1.54, 1.807) is 0 Å². The van der Waals surface area contributed by atoms with Crippen LogP contribution < -0.4 is 26.2 Å². The molecule has 0 aliphatic carbocycles. The van der Waals surface area contributed by atoms with Gasteiger partial charge < -0.3 is 13.8 Å². The van der Waals surface area contributed by atoms with Gasteiger partial charge in [0.1, 0.15) is 19.2 Å². The van der Waals surface area contributed by atoms with Crippen molar-refractivity contribution in [3.63, 3.8) is 0 Å². The summed E-state index contributed by atoms with van der Waals surface area (Å²) >= 11 is 0. The molecule has 218 valence electrons. The van der Waals surface area contributed by atoms with Crippen LogP contribution in [0.25, 0.3) is 65.6 Å². The zero-order valence-corrected chi connectivity index (χ0v) is 27.0. The van der Waals surface area contributed by atoms with Crippen LogP contribution in [-0.2, 0) is 0 Å². The molecule has 47 heavy (non-hydrogen) atoms. The first-order chi connectivity index (χ1) is 23.1. The van der Waals surface area contributed by atoms with Crippen molar-refractivity contribution in [1.82, 2.24) is 4.48 Å². The van der Waals surface area contributed by atoms with Gasteiger partial charge in [-0.25, -0.2) is 0 Å². The lowest BCUT2D eigenvalue weighted by atomic mass is 9.45. The molecule has 0 saturated heterocycles. The molecular weight excluding hydrogens is 587 g/mol. The van der Waals surface area contributed by atoms with Crippen LogP contribution in [0.4, 0.5) is 17.1 Å². The number of anilines is 3. The molecule has 5 heterocycles. The minimum atomic E-state index is -2.01. The fraction of sp³-hybridized carbons (Fsp3) is 0.0476. The number of para-hydroxylation sites is 4. The van der Waals surface area contributed by atoms with E-state index in [4.69, 9.17) is 4.42 Å². The Morgan fingerprint density at radius 3 is 2.28 bits per heavy atom. The van der Waals surface area contributed by atoms with Crippen molar-refractivity contribution < 1.29 is 4.42 Å². The highest BCUT2D eigenvalue weighted by atomic mass is 28.3. The van der Waals surface area contributed by atoms with Crippen LogP contribution in [0.2, 0.25) is 13.1 Å². The Balaban J connectivity index is 1.36. The first-order valence-corrected chi connectivity index (χ1v) is 19.6. The highest BCUT2D eigenvalue weighted by Gasteiger charge is 2.49. The summed E-state index contributed by atoms with van der Waals surface area (Å²) in [5.41, 5.74) is 13.8. The van der Waals surface area contributed by atoms with Crippen molar-refractivity contribution in [2.75, 3.05) is 4.90 Å². The van der Waals surface area contributed by atoms with Gasteiger partial charge >= 0.3 is 6.85 Å². The largest absolute Gasteiger partial charge is 0.456 e. The van der Waals surface area contributed by atoms with Gasteiger partial charge in [0, 0.05) is 61.3 Å². The van der Waals surface area contributed by atoms with Crippen molar-refractivity contribution >= 4 is 108 Å². The summed E-state index contributed by atoms with van der Waals surface area (Å²) in [7, 11) is -2.01. The Morgan fingerprint density at radius 2 is 1.36 bits per heavy atom. The molecule has 0 amide bonds. The molecule has 3 aliphatic rings. The number of hydrogen-bond acceptors (Lipinski definition) is 2. The smallest absolute Gasteiger partial charge is 0.333 e. The number of furan rings is 1. The Hall–Kier alpha value is -5.52. The molecule has 0 N–H and O–H groups in total. The van der Waals surface area contributed by atoms with E-state index in [0.717, 1.165) is 11.2 Å². The molecule has 0 saturated carbocycles. The van der Waals surface area contributed by atoms with E-state index in [1.165, 1.54) is 92.8 Å². The molecule has 12 rings (SSSR count). The molecule has 2 aromatic heterocycles. The third-order valence-electron chi connectivity index (χ3n) is 11.5. The van der Waals surface area contributed by atoms with Gasteiger partial charge in [-0.1, -0.05) is 110 Å². The second-order valence-electron chi connectivity index (χ2n) is 14.1. The van der Waals surface area contributed by atoms with Crippen LogP contribution in [-0.4, -0.2) is 19.4 Å². The third kappa shape index (κ3) is 2.76. The van der Waals surface area contributed by atoms with Crippen LogP contribution in [0.3, 0.4) is 0 Å². The minimum Gasteiger partial charge on any atom is -0.456 e. The molecule has 0 atom stereocenters. The summed E-state index contributed by atoms with van der Waals surface area (Å²) in [6.07, 6.45) is 0. The van der Waals surface area contributed by atoms with Gasteiger partial charge in [0.25, 0.3) is 0 Å². The topological polar surface area (TPSA) is 21.3 Å². The van der Waals surface area contributed by atoms with Crippen molar-refractivity contribution in [1.29, 1.82) is 0 Å². The summed E-state index contributed by atoms with van der Waals surface area (Å²) in [5, 5.41) is 10.6. The molecule has 7 aromatic carbocycles. The van der Waals surface area contributed by atoms with Gasteiger partial charge in [0.15, 0.2) is 0 Å². The van der Waals surface area contributed by atoms with Crippen molar-refractivity contribution in [3.05, 3.63) is 127 Å². The van der Waals surface area contributed by atoms with Gasteiger partial charge in [0.05, 0.1) is 0 Å². The van der Waals surface area contributed by atoms with Crippen LogP contribution in [0.15, 0.2) is 132 Å². The minimum absolute atomic E-state index is 0.0235. The third-order valence-corrected chi connectivity index (χ3v) is 15.0. The molecular formula is C42H27BN2OSi. The van der Waals surface area contributed by atoms with Gasteiger partial charge in [0.2, 0.25) is 0 Å². The second-order valence-corrected chi connectivity index (χ2v) is 18.4. The fourth-order valence-corrected chi connectivity index (χ4v) is 12.6. The van der Waals surface area contributed by atoms with Gasteiger partial charge in [-0.05, 0) is 61.9 Å². The summed E-state index contributed by atoms with van der Waals surface area (Å²) in [6, 6.07) is 47.8. The Kier molecular flexibility index (Phi) is 4.23. The zero-order valence-electron chi connectivity index (χ0n) is 26.0. The van der Waals surface area contributed by atoms with E-state index in [0.29, 0.717) is 0 Å². The van der Waals surface area contributed by atoms with E-state index < -0.39 is 8.07 Å². The van der Waals surface area contributed by atoms with Gasteiger partial charge in [-0.15, -0.1) is 0 Å². The van der Waals surface area contributed by atoms with E-state index in [2.05, 4.69) is 150 Å². The average Bonchev–Trinajstić information content (AvgIpc) is 3.63. The highest BCUT2D eigenvalue weighted by Crippen LogP contribution is 2.50. The monoisotopic (exact) mass is 614 g/mol. The molecule has 0 bridgehead atoms. The number of aromatic nitrogens is 1. The number of hydrogen-bond donors (Lipinski definition) is 0. The van der Waals surface area contributed by atoms with Crippen molar-refractivity contribution in [2.45, 2.75) is 13.1 Å². The van der Waals surface area contributed by atoms with E-state index in [1.807, 2.05) is 0 Å². The van der Waals surface area contributed by atoms with Crippen LogP contribution in [0, 0.1) is 0 Å². The molecule has 9 aromatic rings. The lowest BCUT2D eigenvalue weighted by Gasteiger charge is -2.47. The molecule has 0 fully saturated rings. The average molecular weight is 615 g/mol. The lowest BCUT2D eigenvalue weighted by Crippen LogP contribution is -2.65. The molecule has 0 unspecified atom stereocenters. The summed E-state index contributed by atoms with van der Waals surface area (Å²) in [5.74, 6) is 0. The summed E-state index contributed by atoms with van der Waals surface area (Å²) in [6.45, 7) is 5.07. The Labute approximate surface area is 272 Å². The maximum Gasteiger partial charge on any atom is 0.333 e. The lowest BCUT2D eigenvalue weighted by molar-refractivity contribution is 0.669. The normalized spacial score (nSPS) is 15.1. The molecule has 0 spiro atoms. The molecule has 0 radical (unpaired) electrons. The van der Waals surface area contributed by atoms with Crippen LogP contribution in [0.1, 0.15) is 0 Å². The van der Waals surface area contributed by atoms with Crippen LogP contribution >= 0.6 is 0 Å². The maximum absolute atomic E-state index is 6.75. The summed E-state index contributed by atoms with van der Waals surface area (Å²) < 4.78 is 9.44. The Morgan fingerprint density at radius 1 is 0.617 bits per heavy atom. The maximum atomic E-state index is 6.75. The molecule has 3 nitrogen and oxygen atoms in total. The molecule has 3 aliphatic heterocycles. The number of rotatable bonds is 0. The predicted octanol–water partition coefficient (Wildman–Crippen LogP) is 8.40. The van der Waals surface area contributed by atoms with E-state index in [-0.39, 0.29) is 6.85 Å².